The van der Waals surface area contributed by atoms with Gasteiger partial charge in [0, 0.05) is 29.4 Å². The molecule has 0 saturated carbocycles. The number of likely N-dealkylation sites (tertiary alicyclic amines) is 1. The number of nitrogens with one attached hydrogen (secondary N) is 2. The van der Waals surface area contributed by atoms with Gasteiger partial charge in [0.05, 0.1) is 5.52 Å². The van der Waals surface area contributed by atoms with E-state index in [2.05, 4.69) is 25.4 Å². The highest BCUT2D eigenvalue weighted by molar-refractivity contribution is 6.11. The molecule has 192 valence electrons. The molecule has 1 amide bonds. The number of amides is 1. The Kier molecular flexibility index (Phi) is 6.63. The molecule has 5 rings (SSSR count). The molecule has 1 fully saturated rings. The Morgan fingerprint density at radius 1 is 1.03 bits per heavy atom. The predicted molar refractivity (Wildman–Crippen MR) is 128 cm³/mol. The Labute approximate surface area is 208 Å². The maximum absolute atomic E-state index is 14.9. The van der Waals surface area contributed by atoms with Gasteiger partial charge in [0.25, 0.3) is 5.91 Å². The highest BCUT2D eigenvalue weighted by atomic mass is 19.4. The number of rotatable bonds is 5. The molecule has 0 spiro atoms. The quantitative estimate of drug-likeness (QED) is 0.312. The third kappa shape index (κ3) is 5.31. The monoisotopic (exact) mass is 515 g/mol. The number of H-pyrrole nitrogens is 1. The summed E-state index contributed by atoms with van der Waals surface area (Å²) in [6.07, 6.45) is -0.445. The summed E-state index contributed by atoms with van der Waals surface area (Å²) in [6.45, 7) is 2.29. The Morgan fingerprint density at radius 2 is 1.81 bits per heavy atom. The van der Waals surface area contributed by atoms with Crippen molar-refractivity contribution < 1.29 is 26.7 Å². The SMILES string of the molecule is O=C(Nc1ccnc(C(F)(F)F)c1)c1n[nH]c2ccc(-c3cc(CN4CCCCC4)cc(F)c3F)cc12. The third-order valence-corrected chi connectivity index (χ3v) is 6.34. The van der Waals surface area contributed by atoms with Crippen LogP contribution >= 0.6 is 0 Å². The number of hydrogen-bond acceptors (Lipinski definition) is 4. The smallest absolute Gasteiger partial charge is 0.320 e. The zero-order chi connectivity index (χ0) is 26.2. The standard InChI is InChI=1S/C26H22F5N5O/c27-20-11-15(14-36-8-2-1-3-9-36)10-18(23(20)28)16-4-5-21-19(12-16)24(35-34-21)25(37)33-17-6-7-32-22(13-17)26(29,30)31/h4-7,10-13H,1-3,8-9,14H2,(H,34,35)(H,32,33,37). The summed E-state index contributed by atoms with van der Waals surface area (Å²) in [6, 6.07) is 9.41. The first kappa shape index (κ1) is 24.8. The van der Waals surface area contributed by atoms with Gasteiger partial charge < -0.3 is 5.32 Å². The molecule has 2 aromatic carbocycles. The van der Waals surface area contributed by atoms with Crippen molar-refractivity contribution in [2.45, 2.75) is 32.0 Å². The van der Waals surface area contributed by atoms with Crippen LogP contribution in [-0.2, 0) is 12.7 Å². The van der Waals surface area contributed by atoms with Gasteiger partial charge >= 0.3 is 6.18 Å². The maximum atomic E-state index is 14.9. The van der Waals surface area contributed by atoms with Crippen LogP contribution in [0.25, 0.3) is 22.0 Å². The van der Waals surface area contributed by atoms with Crippen molar-refractivity contribution in [3.8, 4) is 11.1 Å². The van der Waals surface area contributed by atoms with Crippen LogP contribution in [0.2, 0.25) is 0 Å². The molecular formula is C26H22F5N5O. The van der Waals surface area contributed by atoms with Crippen LogP contribution in [0.3, 0.4) is 0 Å². The van der Waals surface area contributed by atoms with E-state index < -0.39 is 29.4 Å². The van der Waals surface area contributed by atoms with Crippen LogP contribution < -0.4 is 5.32 Å². The van der Waals surface area contributed by atoms with E-state index in [4.69, 9.17) is 0 Å². The second-order valence-corrected chi connectivity index (χ2v) is 8.99. The Bertz CT molecular complexity index is 1460. The molecule has 4 aromatic rings. The average Bonchev–Trinajstić information content (AvgIpc) is 3.30. The molecule has 1 saturated heterocycles. The minimum absolute atomic E-state index is 0.0467. The fourth-order valence-corrected chi connectivity index (χ4v) is 4.53. The van der Waals surface area contributed by atoms with E-state index in [9.17, 15) is 26.7 Å². The molecule has 0 atom stereocenters. The molecule has 1 aliphatic heterocycles. The van der Waals surface area contributed by atoms with Gasteiger partial charge in [-0.15, -0.1) is 0 Å². The van der Waals surface area contributed by atoms with Gasteiger partial charge in [-0.1, -0.05) is 12.5 Å². The van der Waals surface area contributed by atoms with Crippen LogP contribution in [0.4, 0.5) is 27.6 Å². The number of fused-ring (bicyclic) bond motifs is 1. The molecule has 0 radical (unpaired) electrons. The number of carbonyl (C=O) groups is 1. The number of pyridine rings is 1. The summed E-state index contributed by atoms with van der Waals surface area (Å²) in [7, 11) is 0. The maximum Gasteiger partial charge on any atom is 0.433 e. The van der Waals surface area contributed by atoms with Crippen LogP contribution in [0, 0.1) is 11.6 Å². The van der Waals surface area contributed by atoms with Crippen LogP contribution in [-0.4, -0.2) is 39.1 Å². The lowest BCUT2D eigenvalue weighted by molar-refractivity contribution is -0.141. The van der Waals surface area contributed by atoms with Gasteiger partial charge in [-0.05, 0) is 73.5 Å². The molecule has 11 heteroatoms. The van der Waals surface area contributed by atoms with E-state index in [0.29, 0.717) is 34.6 Å². The van der Waals surface area contributed by atoms with Crippen molar-refractivity contribution in [3.05, 3.63) is 77.2 Å². The Balaban J connectivity index is 1.45. The minimum Gasteiger partial charge on any atom is -0.320 e. The number of halogens is 5. The van der Waals surface area contributed by atoms with Crippen molar-refractivity contribution >= 4 is 22.5 Å². The molecule has 37 heavy (non-hydrogen) atoms. The number of nitrogens with zero attached hydrogens (tertiary/aromatic N) is 3. The lowest BCUT2D eigenvalue weighted by Crippen LogP contribution is -2.29. The zero-order valence-corrected chi connectivity index (χ0v) is 19.5. The zero-order valence-electron chi connectivity index (χ0n) is 19.5. The highest BCUT2D eigenvalue weighted by Gasteiger charge is 2.32. The second-order valence-electron chi connectivity index (χ2n) is 8.99. The van der Waals surface area contributed by atoms with Gasteiger partial charge in [0.1, 0.15) is 5.69 Å². The van der Waals surface area contributed by atoms with Crippen LogP contribution in [0.5, 0.6) is 0 Å². The number of anilines is 1. The van der Waals surface area contributed by atoms with E-state index in [-0.39, 0.29) is 16.9 Å². The fourth-order valence-electron chi connectivity index (χ4n) is 4.53. The predicted octanol–water partition coefficient (Wildman–Crippen LogP) is 6.16. The first-order chi connectivity index (χ1) is 17.7. The molecule has 1 aliphatic rings. The number of aromatic amines is 1. The lowest BCUT2D eigenvalue weighted by Gasteiger charge is -2.26. The van der Waals surface area contributed by atoms with Crippen LogP contribution in [0.1, 0.15) is 41.0 Å². The summed E-state index contributed by atoms with van der Waals surface area (Å²) >= 11 is 0. The lowest BCUT2D eigenvalue weighted by atomic mass is 9.99. The molecule has 0 aliphatic carbocycles. The van der Waals surface area contributed by atoms with E-state index in [1.54, 1.807) is 18.2 Å². The van der Waals surface area contributed by atoms with Gasteiger partial charge in [0.15, 0.2) is 17.3 Å². The van der Waals surface area contributed by atoms with E-state index in [1.165, 1.54) is 18.2 Å². The summed E-state index contributed by atoms with van der Waals surface area (Å²) < 4.78 is 68.3. The van der Waals surface area contributed by atoms with Gasteiger partial charge in [-0.2, -0.15) is 18.3 Å². The topological polar surface area (TPSA) is 73.9 Å². The number of hydrogen-bond donors (Lipinski definition) is 2. The largest absolute Gasteiger partial charge is 0.433 e. The molecule has 0 unspecified atom stereocenters. The number of piperidine rings is 1. The first-order valence-electron chi connectivity index (χ1n) is 11.7. The van der Waals surface area contributed by atoms with Gasteiger partial charge in [-0.3, -0.25) is 19.8 Å². The molecule has 3 heterocycles. The van der Waals surface area contributed by atoms with Crippen molar-refractivity contribution in [3.63, 3.8) is 0 Å². The van der Waals surface area contributed by atoms with Crippen molar-refractivity contribution in [1.82, 2.24) is 20.1 Å². The first-order valence-corrected chi connectivity index (χ1v) is 11.7. The van der Waals surface area contributed by atoms with Crippen molar-refractivity contribution in [1.29, 1.82) is 0 Å². The van der Waals surface area contributed by atoms with Gasteiger partial charge in [0.2, 0.25) is 0 Å². The van der Waals surface area contributed by atoms with Gasteiger partial charge in [-0.25, -0.2) is 8.78 Å². The van der Waals surface area contributed by atoms with E-state index in [1.807, 2.05) is 0 Å². The minimum atomic E-state index is -4.67. The third-order valence-electron chi connectivity index (χ3n) is 6.34. The normalized spacial score (nSPS) is 14.7. The molecule has 2 aromatic heterocycles. The fraction of sp³-hybridized carbons (Fsp3) is 0.269. The molecule has 6 nitrogen and oxygen atoms in total. The Hall–Kier alpha value is -3.86. The molecule has 2 N–H and O–H groups in total. The van der Waals surface area contributed by atoms with E-state index in [0.717, 1.165) is 38.5 Å². The van der Waals surface area contributed by atoms with Crippen LogP contribution in [0.15, 0.2) is 48.7 Å². The second kappa shape index (κ2) is 9.89. The van der Waals surface area contributed by atoms with E-state index >= 15 is 0 Å². The number of alkyl halides is 3. The molecular weight excluding hydrogens is 493 g/mol. The molecule has 0 bridgehead atoms. The number of aromatic nitrogens is 3. The van der Waals surface area contributed by atoms with Crippen molar-refractivity contribution in [2.75, 3.05) is 18.4 Å². The number of benzene rings is 2. The number of carbonyl (C=O) groups excluding carboxylic acids is 1. The summed E-state index contributed by atoms with van der Waals surface area (Å²) in [5.74, 6) is -2.74. The summed E-state index contributed by atoms with van der Waals surface area (Å²) in [5, 5.41) is 9.35. The summed E-state index contributed by atoms with van der Waals surface area (Å²) in [4.78, 5) is 18.3. The average molecular weight is 515 g/mol. The highest BCUT2D eigenvalue weighted by Crippen LogP contribution is 2.31. The van der Waals surface area contributed by atoms with Crippen molar-refractivity contribution in [2.24, 2.45) is 0 Å². The summed E-state index contributed by atoms with van der Waals surface area (Å²) in [5.41, 5.74) is 0.102. The Morgan fingerprint density at radius 3 is 2.57 bits per heavy atom.